The van der Waals surface area contributed by atoms with Crippen LogP contribution < -0.4 is 5.32 Å². The zero-order chi connectivity index (χ0) is 11.9. The number of thiophene rings is 1. The first-order chi connectivity index (χ1) is 8.24. The molecule has 0 aromatic carbocycles. The maximum absolute atomic E-state index is 4.37. The fourth-order valence-electron chi connectivity index (χ4n) is 2.20. The molecular formula is C13H17N3S. The molecule has 1 saturated carbocycles. The summed E-state index contributed by atoms with van der Waals surface area (Å²) >= 11 is 1.73. The second-order valence-corrected chi connectivity index (χ2v) is 5.91. The highest BCUT2D eigenvalue weighted by atomic mass is 32.1. The Morgan fingerprint density at radius 3 is 2.94 bits per heavy atom. The summed E-state index contributed by atoms with van der Waals surface area (Å²) in [4.78, 5) is 8.71. The summed E-state index contributed by atoms with van der Waals surface area (Å²) in [6.45, 7) is 5.43. The summed E-state index contributed by atoms with van der Waals surface area (Å²) in [6, 6.07) is 0. The van der Waals surface area contributed by atoms with Gasteiger partial charge in [-0.05, 0) is 42.5 Å². The number of nitrogens with one attached hydrogen (secondary N) is 1. The van der Waals surface area contributed by atoms with Crippen LogP contribution in [0.25, 0.3) is 10.2 Å². The molecule has 90 valence electrons. The van der Waals surface area contributed by atoms with Crippen molar-refractivity contribution >= 4 is 27.4 Å². The smallest absolute Gasteiger partial charge is 0.147 e. The molecule has 3 nitrogen and oxygen atoms in total. The summed E-state index contributed by atoms with van der Waals surface area (Å²) in [6.07, 6.45) is 5.63. The highest BCUT2D eigenvalue weighted by molar-refractivity contribution is 7.18. The number of anilines is 1. The molecule has 0 aliphatic heterocycles. The minimum Gasteiger partial charge on any atom is -0.368 e. The monoisotopic (exact) mass is 247 g/mol. The SMILES string of the molecule is CCC1(CNc2ncnc3c(C)csc23)CC1. The minimum atomic E-state index is 0.545. The molecule has 0 amide bonds. The Labute approximate surface area is 105 Å². The van der Waals surface area contributed by atoms with Crippen molar-refractivity contribution in [3.8, 4) is 0 Å². The van der Waals surface area contributed by atoms with Crippen molar-refractivity contribution in [3.05, 3.63) is 17.3 Å². The number of aromatic nitrogens is 2. The largest absolute Gasteiger partial charge is 0.368 e. The van der Waals surface area contributed by atoms with E-state index in [0.29, 0.717) is 5.41 Å². The van der Waals surface area contributed by atoms with Crippen molar-refractivity contribution in [2.24, 2.45) is 5.41 Å². The topological polar surface area (TPSA) is 37.8 Å². The third kappa shape index (κ3) is 1.90. The van der Waals surface area contributed by atoms with Crippen LogP contribution in [0.15, 0.2) is 11.7 Å². The molecule has 2 aromatic heterocycles. The molecule has 0 saturated heterocycles. The Kier molecular flexibility index (Phi) is 2.54. The molecule has 4 heteroatoms. The van der Waals surface area contributed by atoms with Gasteiger partial charge in [-0.3, -0.25) is 0 Å². The molecule has 0 spiro atoms. The van der Waals surface area contributed by atoms with E-state index < -0.39 is 0 Å². The van der Waals surface area contributed by atoms with Crippen LogP contribution in [0.2, 0.25) is 0 Å². The van der Waals surface area contributed by atoms with Crippen molar-refractivity contribution in [3.63, 3.8) is 0 Å². The third-order valence-electron chi connectivity index (χ3n) is 3.87. The van der Waals surface area contributed by atoms with Crippen LogP contribution in [0, 0.1) is 12.3 Å². The van der Waals surface area contributed by atoms with E-state index in [9.17, 15) is 0 Å². The summed E-state index contributed by atoms with van der Waals surface area (Å²) < 4.78 is 1.19. The molecule has 1 aliphatic rings. The predicted molar refractivity (Wildman–Crippen MR) is 72.6 cm³/mol. The van der Waals surface area contributed by atoms with E-state index in [2.05, 4.69) is 34.5 Å². The van der Waals surface area contributed by atoms with Crippen LogP contribution >= 0.6 is 11.3 Å². The Balaban J connectivity index is 1.85. The first-order valence-electron chi connectivity index (χ1n) is 6.17. The quantitative estimate of drug-likeness (QED) is 0.897. The average molecular weight is 247 g/mol. The molecule has 0 bridgehead atoms. The first-order valence-corrected chi connectivity index (χ1v) is 7.05. The second kappa shape index (κ2) is 3.95. The van der Waals surface area contributed by atoms with Crippen LogP contribution in [-0.2, 0) is 0 Å². The van der Waals surface area contributed by atoms with Gasteiger partial charge in [-0.25, -0.2) is 9.97 Å². The van der Waals surface area contributed by atoms with E-state index in [-0.39, 0.29) is 0 Å². The summed E-state index contributed by atoms with van der Waals surface area (Å²) in [5.74, 6) is 1.01. The van der Waals surface area contributed by atoms with Crippen molar-refractivity contribution in [1.29, 1.82) is 0 Å². The van der Waals surface area contributed by atoms with Gasteiger partial charge < -0.3 is 5.32 Å². The predicted octanol–water partition coefficient (Wildman–Crippen LogP) is 3.60. The van der Waals surface area contributed by atoms with E-state index in [1.54, 1.807) is 17.7 Å². The second-order valence-electron chi connectivity index (χ2n) is 5.03. The lowest BCUT2D eigenvalue weighted by atomic mass is 10.0. The van der Waals surface area contributed by atoms with Crippen LogP contribution in [0.3, 0.4) is 0 Å². The fourth-order valence-corrected chi connectivity index (χ4v) is 3.17. The first kappa shape index (κ1) is 11.0. The third-order valence-corrected chi connectivity index (χ3v) is 4.96. The van der Waals surface area contributed by atoms with Crippen LogP contribution in [0.1, 0.15) is 31.7 Å². The molecular weight excluding hydrogens is 230 g/mol. The van der Waals surface area contributed by atoms with Gasteiger partial charge in [0.1, 0.15) is 12.1 Å². The van der Waals surface area contributed by atoms with Crippen LogP contribution in [0.5, 0.6) is 0 Å². The molecule has 1 N–H and O–H groups in total. The average Bonchev–Trinajstić information content (AvgIpc) is 3.05. The minimum absolute atomic E-state index is 0.545. The highest BCUT2D eigenvalue weighted by Gasteiger charge is 2.40. The molecule has 17 heavy (non-hydrogen) atoms. The van der Waals surface area contributed by atoms with Crippen molar-refractivity contribution in [1.82, 2.24) is 9.97 Å². The number of nitrogens with zero attached hydrogens (tertiary/aromatic N) is 2. The summed E-state index contributed by atoms with van der Waals surface area (Å²) in [7, 11) is 0. The summed E-state index contributed by atoms with van der Waals surface area (Å²) in [5, 5.41) is 5.66. The van der Waals surface area contributed by atoms with Gasteiger partial charge >= 0.3 is 0 Å². The van der Waals surface area contributed by atoms with Gasteiger partial charge in [0.05, 0.1) is 10.2 Å². The Bertz CT molecular complexity index is 543. The molecule has 0 atom stereocenters. The molecule has 2 aromatic rings. The number of hydrogen-bond donors (Lipinski definition) is 1. The lowest BCUT2D eigenvalue weighted by molar-refractivity contribution is 0.521. The molecule has 1 fully saturated rings. The zero-order valence-electron chi connectivity index (χ0n) is 10.3. The van der Waals surface area contributed by atoms with Gasteiger partial charge in [0, 0.05) is 6.54 Å². The molecule has 2 heterocycles. The maximum atomic E-state index is 4.37. The van der Waals surface area contributed by atoms with Crippen molar-refractivity contribution in [2.75, 3.05) is 11.9 Å². The van der Waals surface area contributed by atoms with Crippen molar-refractivity contribution in [2.45, 2.75) is 33.1 Å². The van der Waals surface area contributed by atoms with Crippen LogP contribution in [0.4, 0.5) is 5.82 Å². The molecule has 0 unspecified atom stereocenters. The number of hydrogen-bond acceptors (Lipinski definition) is 4. The van der Waals surface area contributed by atoms with Crippen LogP contribution in [-0.4, -0.2) is 16.5 Å². The number of fused-ring (bicyclic) bond motifs is 1. The van der Waals surface area contributed by atoms with E-state index in [4.69, 9.17) is 0 Å². The fraction of sp³-hybridized carbons (Fsp3) is 0.538. The van der Waals surface area contributed by atoms with Gasteiger partial charge in [-0.1, -0.05) is 6.92 Å². The van der Waals surface area contributed by atoms with E-state index in [1.807, 2.05) is 0 Å². The van der Waals surface area contributed by atoms with Gasteiger partial charge in [0.25, 0.3) is 0 Å². The number of aryl methyl sites for hydroxylation is 1. The van der Waals surface area contributed by atoms with Gasteiger partial charge in [-0.2, -0.15) is 0 Å². The maximum Gasteiger partial charge on any atom is 0.147 e. The standard InChI is InChI=1S/C13H17N3S/c1-3-13(4-5-13)7-14-12-11-10(15-8-16-12)9(2)6-17-11/h6,8H,3-5,7H2,1-2H3,(H,14,15,16). The van der Waals surface area contributed by atoms with E-state index in [1.165, 1.54) is 29.5 Å². The summed E-state index contributed by atoms with van der Waals surface area (Å²) in [5.41, 5.74) is 2.88. The Morgan fingerprint density at radius 2 is 2.24 bits per heavy atom. The van der Waals surface area contributed by atoms with Gasteiger partial charge in [-0.15, -0.1) is 11.3 Å². The zero-order valence-corrected chi connectivity index (χ0v) is 11.1. The van der Waals surface area contributed by atoms with Gasteiger partial charge in [0.15, 0.2) is 0 Å². The Hall–Kier alpha value is -1.16. The van der Waals surface area contributed by atoms with Gasteiger partial charge in [0.2, 0.25) is 0 Å². The lowest BCUT2D eigenvalue weighted by Gasteiger charge is -2.13. The lowest BCUT2D eigenvalue weighted by Crippen LogP contribution is -2.15. The van der Waals surface area contributed by atoms with E-state index in [0.717, 1.165) is 17.9 Å². The molecule has 0 radical (unpaired) electrons. The molecule has 3 rings (SSSR count). The Morgan fingerprint density at radius 1 is 1.41 bits per heavy atom. The van der Waals surface area contributed by atoms with E-state index >= 15 is 0 Å². The normalized spacial score (nSPS) is 17.3. The number of rotatable bonds is 4. The highest BCUT2D eigenvalue weighted by Crippen LogP contribution is 2.48. The van der Waals surface area contributed by atoms with Crippen molar-refractivity contribution < 1.29 is 0 Å². The molecule has 1 aliphatic carbocycles.